The number of benzene rings is 2. The van der Waals surface area contributed by atoms with E-state index in [0.29, 0.717) is 17.0 Å². The molecule has 0 unspecified atom stereocenters. The van der Waals surface area contributed by atoms with E-state index >= 15 is 0 Å². The third kappa shape index (κ3) is 4.58. The molecule has 0 spiro atoms. The molecule has 0 saturated carbocycles. The Labute approximate surface area is 133 Å². The van der Waals surface area contributed by atoms with Crippen LogP contribution in [0.25, 0.3) is 0 Å². The van der Waals surface area contributed by atoms with Gasteiger partial charge in [0.2, 0.25) is 0 Å². The molecule has 0 aliphatic heterocycles. The zero-order chi connectivity index (χ0) is 16.7. The van der Waals surface area contributed by atoms with Gasteiger partial charge in [-0.3, -0.25) is 4.79 Å². The Morgan fingerprint density at radius 3 is 2.70 bits per heavy atom. The summed E-state index contributed by atoms with van der Waals surface area (Å²) >= 11 is 0. The van der Waals surface area contributed by atoms with Crippen LogP contribution in [0.4, 0.5) is 5.69 Å². The Bertz CT molecular complexity index is 765. The first-order valence-corrected chi connectivity index (χ1v) is 6.73. The van der Waals surface area contributed by atoms with E-state index < -0.39 is 18.5 Å². The standard InChI is InChI=1S/C17H14N2O4/c1-22-15-7-3-6-14(9-15)19-16(20)11-23-17(21)13-5-2-4-12(8-13)10-18/h2-9H,11H2,1H3,(H,19,20). The minimum atomic E-state index is -0.664. The van der Waals surface area contributed by atoms with Crippen molar-refractivity contribution in [3.8, 4) is 11.8 Å². The maximum Gasteiger partial charge on any atom is 0.338 e. The van der Waals surface area contributed by atoms with E-state index in [2.05, 4.69) is 5.32 Å². The quantitative estimate of drug-likeness (QED) is 0.856. The van der Waals surface area contributed by atoms with Gasteiger partial charge in [-0.25, -0.2) is 4.79 Å². The minimum absolute atomic E-state index is 0.221. The van der Waals surface area contributed by atoms with Crippen molar-refractivity contribution in [1.29, 1.82) is 5.26 Å². The zero-order valence-electron chi connectivity index (χ0n) is 12.4. The normalized spacial score (nSPS) is 9.57. The van der Waals surface area contributed by atoms with Gasteiger partial charge in [0.15, 0.2) is 6.61 Å². The zero-order valence-corrected chi connectivity index (χ0v) is 12.4. The maximum atomic E-state index is 11.8. The van der Waals surface area contributed by atoms with Crippen molar-refractivity contribution in [3.05, 3.63) is 59.7 Å². The molecule has 2 aromatic rings. The van der Waals surface area contributed by atoms with Crippen molar-refractivity contribution in [2.24, 2.45) is 0 Å². The molecular weight excluding hydrogens is 296 g/mol. The molecule has 1 N–H and O–H groups in total. The lowest BCUT2D eigenvalue weighted by Crippen LogP contribution is -2.21. The van der Waals surface area contributed by atoms with Crippen LogP contribution in [-0.2, 0) is 9.53 Å². The van der Waals surface area contributed by atoms with Crippen LogP contribution < -0.4 is 10.1 Å². The van der Waals surface area contributed by atoms with Gasteiger partial charge in [0.1, 0.15) is 5.75 Å². The van der Waals surface area contributed by atoms with Crippen LogP contribution >= 0.6 is 0 Å². The van der Waals surface area contributed by atoms with Crippen LogP contribution in [0.1, 0.15) is 15.9 Å². The SMILES string of the molecule is COc1cccc(NC(=O)COC(=O)c2cccc(C#N)c2)c1. The number of anilines is 1. The van der Waals surface area contributed by atoms with E-state index in [1.54, 1.807) is 36.4 Å². The highest BCUT2D eigenvalue weighted by Crippen LogP contribution is 2.16. The molecule has 0 atom stereocenters. The number of nitrogens with one attached hydrogen (secondary N) is 1. The number of nitriles is 1. The summed E-state index contributed by atoms with van der Waals surface area (Å²) in [5.74, 6) is -0.529. The molecule has 0 bridgehead atoms. The first-order chi connectivity index (χ1) is 11.1. The highest BCUT2D eigenvalue weighted by molar-refractivity contribution is 5.95. The fourth-order valence-electron chi connectivity index (χ4n) is 1.83. The van der Waals surface area contributed by atoms with Crippen molar-refractivity contribution in [1.82, 2.24) is 0 Å². The Kier molecular flexibility index (Phi) is 5.31. The smallest absolute Gasteiger partial charge is 0.338 e. The molecular formula is C17H14N2O4. The summed E-state index contributed by atoms with van der Waals surface area (Å²) in [4.78, 5) is 23.6. The highest BCUT2D eigenvalue weighted by Gasteiger charge is 2.11. The largest absolute Gasteiger partial charge is 0.497 e. The van der Waals surface area contributed by atoms with Crippen molar-refractivity contribution in [2.45, 2.75) is 0 Å². The molecule has 0 aliphatic rings. The molecule has 2 rings (SSSR count). The molecule has 0 aromatic heterocycles. The summed E-state index contributed by atoms with van der Waals surface area (Å²) in [5, 5.41) is 11.4. The molecule has 0 fully saturated rings. The number of hydrogen-bond acceptors (Lipinski definition) is 5. The summed E-state index contributed by atoms with van der Waals surface area (Å²) in [7, 11) is 1.53. The summed E-state index contributed by atoms with van der Waals surface area (Å²) in [5.41, 5.74) is 1.11. The first-order valence-electron chi connectivity index (χ1n) is 6.73. The number of carbonyl (C=O) groups is 2. The van der Waals surface area contributed by atoms with Gasteiger partial charge in [-0.2, -0.15) is 5.26 Å². The van der Waals surface area contributed by atoms with E-state index in [0.717, 1.165) is 0 Å². The Hall–Kier alpha value is -3.33. The summed E-state index contributed by atoms with van der Waals surface area (Å²) in [6.07, 6.45) is 0. The summed E-state index contributed by atoms with van der Waals surface area (Å²) in [6, 6.07) is 14.8. The summed E-state index contributed by atoms with van der Waals surface area (Å²) < 4.78 is 9.98. The Morgan fingerprint density at radius 1 is 1.17 bits per heavy atom. The number of hydrogen-bond donors (Lipinski definition) is 1. The monoisotopic (exact) mass is 310 g/mol. The van der Waals surface area contributed by atoms with Crippen molar-refractivity contribution in [3.63, 3.8) is 0 Å². The fourth-order valence-corrected chi connectivity index (χ4v) is 1.83. The van der Waals surface area contributed by atoms with Gasteiger partial charge in [-0.05, 0) is 30.3 Å². The molecule has 23 heavy (non-hydrogen) atoms. The number of ether oxygens (including phenoxy) is 2. The minimum Gasteiger partial charge on any atom is -0.497 e. The van der Waals surface area contributed by atoms with Gasteiger partial charge in [-0.1, -0.05) is 12.1 Å². The van der Waals surface area contributed by atoms with Crippen molar-refractivity contribution < 1.29 is 19.1 Å². The number of nitrogens with zero attached hydrogens (tertiary/aromatic N) is 1. The van der Waals surface area contributed by atoms with Gasteiger partial charge in [-0.15, -0.1) is 0 Å². The molecule has 1 amide bonds. The third-order valence-electron chi connectivity index (χ3n) is 2.92. The van der Waals surface area contributed by atoms with Crippen LogP contribution in [0.15, 0.2) is 48.5 Å². The van der Waals surface area contributed by atoms with E-state index in [-0.39, 0.29) is 5.56 Å². The van der Waals surface area contributed by atoms with Crippen LogP contribution in [-0.4, -0.2) is 25.6 Å². The topological polar surface area (TPSA) is 88.4 Å². The fraction of sp³-hybridized carbons (Fsp3) is 0.118. The molecule has 2 aromatic carbocycles. The molecule has 0 radical (unpaired) electrons. The van der Waals surface area contributed by atoms with Gasteiger partial charge >= 0.3 is 5.97 Å². The van der Waals surface area contributed by atoms with E-state index in [1.165, 1.54) is 19.2 Å². The number of carbonyl (C=O) groups excluding carboxylic acids is 2. The molecule has 6 heteroatoms. The Balaban J connectivity index is 1.90. The lowest BCUT2D eigenvalue weighted by molar-refractivity contribution is -0.119. The predicted molar refractivity (Wildman–Crippen MR) is 83.1 cm³/mol. The second-order valence-corrected chi connectivity index (χ2v) is 4.55. The average Bonchev–Trinajstić information content (AvgIpc) is 2.59. The van der Waals surface area contributed by atoms with Crippen LogP contribution in [0.3, 0.4) is 0 Å². The van der Waals surface area contributed by atoms with Crippen molar-refractivity contribution in [2.75, 3.05) is 19.0 Å². The molecule has 0 saturated heterocycles. The van der Waals surface area contributed by atoms with E-state index in [4.69, 9.17) is 14.7 Å². The molecule has 116 valence electrons. The van der Waals surface area contributed by atoms with Crippen LogP contribution in [0, 0.1) is 11.3 Å². The first kappa shape index (κ1) is 16.0. The molecule has 6 nitrogen and oxygen atoms in total. The lowest BCUT2D eigenvalue weighted by Gasteiger charge is -2.08. The summed E-state index contributed by atoms with van der Waals surface area (Å²) in [6.45, 7) is -0.424. The number of esters is 1. The van der Waals surface area contributed by atoms with Crippen LogP contribution in [0.5, 0.6) is 5.75 Å². The molecule has 0 aliphatic carbocycles. The van der Waals surface area contributed by atoms with Crippen LogP contribution in [0.2, 0.25) is 0 Å². The highest BCUT2D eigenvalue weighted by atomic mass is 16.5. The molecule has 0 heterocycles. The second-order valence-electron chi connectivity index (χ2n) is 4.55. The second kappa shape index (κ2) is 7.61. The number of rotatable bonds is 5. The van der Waals surface area contributed by atoms with Gasteiger partial charge in [0, 0.05) is 11.8 Å². The maximum absolute atomic E-state index is 11.8. The van der Waals surface area contributed by atoms with E-state index in [1.807, 2.05) is 6.07 Å². The lowest BCUT2D eigenvalue weighted by atomic mass is 10.1. The average molecular weight is 310 g/mol. The van der Waals surface area contributed by atoms with Gasteiger partial charge in [0.05, 0.1) is 24.3 Å². The predicted octanol–water partition coefficient (Wildman–Crippen LogP) is 2.36. The number of methoxy groups -OCH3 is 1. The van der Waals surface area contributed by atoms with Gasteiger partial charge in [0.25, 0.3) is 5.91 Å². The van der Waals surface area contributed by atoms with E-state index in [9.17, 15) is 9.59 Å². The van der Waals surface area contributed by atoms with Crippen molar-refractivity contribution >= 4 is 17.6 Å². The Morgan fingerprint density at radius 2 is 1.96 bits per heavy atom. The third-order valence-corrected chi connectivity index (χ3v) is 2.92. The number of amides is 1. The van der Waals surface area contributed by atoms with Gasteiger partial charge < -0.3 is 14.8 Å².